The second-order valence-corrected chi connectivity index (χ2v) is 10.2. The zero-order chi connectivity index (χ0) is 23.0. The highest BCUT2D eigenvalue weighted by atomic mass is 32.2. The Bertz CT molecular complexity index is 1070. The van der Waals surface area contributed by atoms with Crippen molar-refractivity contribution in [3.63, 3.8) is 0 Å². The van der Waals surface area contributed by atoms with Crippen LogP contribution in [0.25, 0.3) is 0 Å². The molecule has 0 amide bonds. The number of fused-ring (bicyclic) bond motifs is 1. The van der Waals surface area contributed by atoms with Gasteiger partial charge in [0.25, 0.3) is 0 Å². The Labute approximate surface area is 193 Å². The third kappa shape index (κ3) is 4.44. The van der Waals surface area contributed by atoms with Crippen molar-refractivity contribution >= 4 is 22.8 Å². The molecule has 170 valence electrons. The van der Waals surface area contributed by atoms with Crippen LogP contribution in [0.1, 0.15) is 47.6 Å². The van der Waals surface area contributed by atoms with Gasteiger partial charge in [0.1, 0.15) is 28.7 Å². The number of hydrogen-bond donors (Lipinski definition) is 4. The summed E-state index contributed by atoms with van der Waals surface area (Å²) in [6.45, 7) is 8.62. The maximum atomic E-state index is 10.4. The van der Waals surface area contributed by atoms with E-state index in [2.05, 4.69) is 12.2 Å². The maximum Gasteiger partial charge on any atom is 0.159 e. The number of amidine groups is 2. The summed E-state index contributed by atoms with van der Waals surface area (Å²) >= 11 is 1.39. The molecule has 0 radical (unpaired) electrons. The van der Waals surface area contributed by atoms with Gasteiger partial charge in [-0.1, -0.05) is 23.9 Å². The van der Waals surface area contributed by atoms with Crippen LogP contribution in [0.3, 0.4) is 0 Å². The number of aromatic hydroxyl groups is 1. The molecular weight excluding hydrogens is 422 g/mol. The molecule has 2 aromatic rings. The van der Waals surface area contributed by atoms with Crippen LogP contribution in [0.4, 0.5) is 0 Å². The normalized spacial score (nSPS) is 22.3. The third-order valence-corrected chi connectivity index (χ3v) is 7.69. The number of thioether (sulfide) groups is 1. The van der Waals surface area contributed by atoms with E-state index in [0.717, 1.165) is 65.0 Å². The molecule has 0 saturated carbocycles. The molecule has 0 spiro atoms. The van der Waals surface area contributed by atoms with E-state index in [9.17, 15) is 5.11 Å². The van der Waals surface area contributed by atoms with Gasteiger partial charge in [-0.25, -0.2) is 0 Å². The number of benzene rings is 2. The van der Waals surface area contributed by atoms with Gasteiger partial charge in [0, 0.05) is 12.0 Å². The van der Waals surface area contributed by atoms with Crippen molar-refractivity contribution in [3.8, 4) is 17.2 Å². The van der Waals surface area contributed by atoms with Crippen molar-refractivity contribution in [3.05, 3.63) is 52.1 Å². The van der Waals surface area contributed by atoms with Gasteiger partial charge in [-0.2, -0.15) is 0 Å². The Balaban J connectivity index is 1.34. The molecule has 32 heavy (non-hydrogen) atoms. The van der Waals surface area contributed by atoms with Crippen molar-refractivity contribution in [1.82, 2.24) is 5.32 Å². The molecule has 1 fully saturated rings. The molecule has 6 nitrogen and oxygen atoms in total. The van der Waals surface area contributed by atoms with Crippen LogP contribution in [0.15, 0.2) is 24.3 Å². The summed E-state index contributed by atoms with van der Waals surface area (Å²) < 4.78 is 12.5. The average Bonchev–Trinajstić information content (AvgIpc) is 3.08. The molecule has 4 rings (SSSR count). The van der Waals surface area contributed by atoms with Crippen LogP contribution in [0.5, 0.6) is 17.2 Å². The van der Waals surface area contributed by atoms with Crippen LogP contribution >= 0.6 is 11.8 Å². The second kappa shape index (κ2) is 8.70. The summed E-state index contributed by atoms with van der Waals surface area (Å²) in [6, 6.07) is 8.00. The van der Waals surface area contributed by atoms with E-state index in [-0.39, 0.29) is 10.9 Å². The lowest BCUT2D eigenvalue weighted by Crippen LogP contribution is -2.38. The van der Waals surface area contributed by atoms with E-state index in [4.69, 9.17) is 20.3 Å². The number of hydrogen-bond acceptors (Lipinski definition) is 6. The van der Waals surface area contributed by atoms with Gasteiger partial charge in [-0.05, 0) is 81.3 Å². The minimum Gasteiger partial charge on any atom is -0.507 e. The standard InChI is InChI=1S/C25H31N3O3S/c1-14-15(2)22-19(16(3)21(14)29)9-10-25(4,31-22)11-12-30-18-7-5-17(6-8-18)13-20-23(26)28-24(27)32-20/h5-8,20,29H,9-13H2,1-4H3,(H3,26,27,28). The molecule has 2 aliphatic heterocycles. The molecule has 1 saturated heterocycles. The smallest absolute Gasteiger partial charge is 0.159 e. The SMILES string of the molecule is Cc1c(C)c2c(c(C)c1O)CCC(C)(CCOc1ccc(CC3SC(=N)NC3=N)cc1)O2. The zero-order valence-electron chi connectivity index (χ0n) is 19.1. The van der Waals surface area contributed by atoms with Gasteiger partial charge in [-0.3, -0.25) is 10.8 Å². The molecular formula is C25H31N3O3S. The second-order valence-electron chi connectivity index (χ2n) is 9.00. The fourth-order valence-electron chi connectivity index (χ4n) is 4.37. The predicted octanol–water partition coefficient (Wildman–Crippen LogP) is 5.03. The van der Waals surface area contributed by atoms with E-state index >= 15 is 0 Å². The van der Waals surface area contributed by atoms with Crippen LogP contribution < -0.4 is 14.8 Å². The van der Waals surface area contributed by atoms with Crippen molar-refractivity contribution in [2.24, 2.45) is 0 Å². The molecule has 4 N–H and O–H groups in total. The summed E-state index contributed by atoms with van der Waals surface area (Å²) in [5.74, 6) is 2.53. The van der Waals surface area contributed by atoms with Crippen molar-refractivity contribution in [2.75, 3.05) is 6.61 Å². The molecule has 2 unspecified atom stereocenters. The van der Waals surface area contributed by atoms with Gasteiger partial charge >= 0.3 is 0 Å². The molecule has 0 bridgehead atoms. The monoisotopic (exact) mass is 453 g/mol. The summed E-state index contributed by atoms with van der Waals surface area (Å²) in [4.78, 5) is 0. The number of ether oxygens (including phenoxy) is 2. The topological polar surface area (TPSA) is 98.4 Å². The third-order valence-electron chi connectivity index (χ3n) is 6.67. The molecule has 0 aromatic heterocycles. The van der Waals surface area contributed by atoms with E-state index in [1.165, 1.54) is 11.8 Å². The van der Waals surface area contributed by atoms with Gasteiger partial charge in [0.05, 0.1) is 11.9 Å². The van der Waals surface area contributed by atoms with Crippen molar-refractivity contribution in [2.45, 2.75) is 64.2 Å². The number of nitrogens with one attached hydrogen (secondary N) is 3. The Hall–Kier alpha value is -2.67. The molecule has 0 aliphatic carbocycles. The maximum absolute atomic E-state index is 10.4. The highest BCUT2D eigenvalue weighted by Gasteiger charge is 2.34. The highest BCUT2D eigenvalue weighted by molar-refractivity contribution is 8.15. The summed E-state index contributed by atoms with van der Waals surface area (Å²) in [7, 11) is 0. The van der Waals surface area contributed by atoms with E-state index < -0.39 is 0 Å². The van der Waals surface area contributed by atoms with Crippen molar-refractivity contribution in [1.29, 1.82) is 10.8 Å². The van der Waals surface area contributed by atoms with Gasteiger partial charge in [0.2, 0.25) is 0 Å². The largest absolute Gasteiger partial charge is 0.507 e. The zero-order valence-corrected chi connectivity index (χ0v) is 19.9. The lowest BCUT2D eigenvalue weighted by Gasteiger charge is -2.38. The quantitative estimate of drug-likeness (QED) is 0.492. The minimum absolute atomic E-state index is 0.0156. The first kappa shape index (κ1) is 22.5. The molecule has 2 aromatic carbocycles. The van der Waals surface area contributed by atoms with Gasteiger partial charge in [-0.15, -0.1) is 0 Å². The lowest BCUT2D eigenvalue weighted by molar-refractivity contribution is 0.0411. The number of phenolic OH excluding ortho intramolecular Hbond substituents is 1. The van der Waals surface area contributed by atoms with E-state index in [1.54, 1.807) is 0 Å². The fourth-order valence-corrected chi connectivity index (χ4v) is 5.27. The summed E-state index contributed by atoms with van der Waals surface area (Å²) in [5, 5.41) is 29.0. The first-order valence-corrected chi connectivity index (χ1v) is 11.9. The van der Waals surface area contributed by atoms with Gasteiger partial charge in [0.15, 0.2) is 5.17 Å². The van der Waals surface area contributed by atoms with Crippen LogP contribution in [0.2, 0.25) is 0 Å². The first-order valence-electron chi connectivity index (χ1n) is 11.0. The van der Waals surface area contributed by atoms with Crippen LogP contribution in [-0.4, -0.2) is 33.6 Å². The molecule has 2 atom stereocenters. The molecule has 7 heteroatoms. The Morgan fingerprint density at radius 2 is 1.88 bits per heavy atom. The number of rotatable bonds is 6. The van der Waals surface area contributed by atoms with Gasteiger partial charge < -0.3 is 19.9 Å². The Kier molecular flexibility index (Phi) is 6.12. The molecule has 2 heterocycles. The average molecular weight is 454 g/mol. The lowest BCUT2D eigenvalue weighted by atomic mass is 9.86. The highest BCUT2D eigenvalue weighted by Crippen LogP contribution is 2.44. The summed E-state index contributed by atoms with van der Waals surface area (Å²) in [6.07, 6.45) is 3.27. The molecule has 2 aliphatic rings. The van der Waals surface area contributed by atoms with Crippen LogP contribution in [0, 0.1) is 31.6 Å². The fraction of sp³-hybridized carbons (Fsp3) is 0.440. The van der Waals surface area contributed by atoms with Crippen molar-refractivity contribution < 1.29 is 14.6 Å². The Morgan fingerprint density at radius 3 is 2.53 bits per heavy atom. The first-order chi connectivity index (χ1) is 15.2. The van der Waals surface area contributed by atoms with E-state index in [1.807, 2.05) is 45.0 Å². The van der Waals surface area contributed by atoms with E-state index in [0.29, 0.717) is 23.4 Å². The minimum atomic E-state index is -0.301. The predicted molar refractivity (Wildman–Crippen MR) is 130 cm³/mol. The number of phenols is 1. The Morgan fingerprint density at radius 1 is 1.16 bits per heavy atom. The van der Waals surface area contributed by atoms with Crippen LogP contribution in [-0.2, 0) is 12.8 Å². The summed E-state index contributed by atoms with van der Waals surface area (Å²) in [5.41, 5.74) is 4.79.